The van der Waals surface area contributed by atoms with Crippen LogP contribution in [-0.2, 0) is 28.6 Å². The van der Waals surface area contributed by atoms with Gasteiger partial charge in [0.05, 0.1) is 19.5 Å². The molecule has 0 aliphatic heterocycles. The molecule has 0 heterocycles. The summed E-state index contributed by atoms with van der Waals surface area (Å²) < 4.78 is 32.1. The molecule has 2 aromatic rings. The van der Waals surface area contributed by atoms with Crippen LogP contribution in [0.3, 0.4) is 0 Å². The third-order valence-corrected chi connectivity index (χ3v) is 7.61. The molecule has 0 aliphatic carbocycles. The molecule has 0 saturated heterocycles. The second kappa shape index (κ2) is 38.0. The molecule has 0 radical (unpaired) electrons. The first-order valence-electron chi connectivity index (χ1n) is 13.9. The van der Waals surface area contributed by atoms with Crippen LogP contribution >= 0.6 is 40.3 Å². The normalized spacial score (nSPS) is 9.46. The van der Waals surface area contributed by atoms with E-state index in [9.17, 15) is 0 Å². The fraction of sp³-hybridized carbons (Fsp3) is 0.594. The Kier molecular flexibility index (Phi) is 47.2. The molecule has 0 bridgehead atoms. The Morgan fingerprint density at radius 2 is 1.20 bits per heavy atom. The number of methoxy groups -OCH3 is 2. The summed E-state index contributed by atoms with van der Waals surface area (Å²) in [5.74, 6) is 2.60. The molecule has 9 nitrogen and oxygen atoms in total. The van der Waals surface area contributed by atoms with Crippen molar-refractivity contribution < 1.29 is 148 Å². The largest absolute Gasteiger partial charge is 1.00 e. The van der Waals surface area contributed by atoms with Crippen molar-refractivity contribution in [3.8, 4) is 11.5 Å². The second-order valence-electron chi connectivity index (χ2n) is 8.44. The van der Waals surface area contributed by atoms with Crippen molar-refractivity contribution in [2.24, 2.45) is 0 Å². The maximum Gasteiger partial charge on any atom is 1.00 e. The zero-order valence-corrected chi connectivity index (χ0v) is 38.7. The summed E-state index contributed by atoms with van der Waals surface area (Å²) in [5, 5.41) is 9.18. The van der Waals surface area contributed by atoms with Crippen molar-refractivity contribution in [3.05, 3.63) is 46.5 Å². The van der Waals surface area contributed by atoms with E-state index < -0.39 is 0 Å². The van der Waals surface area contributed by atoms with E-state index in [1.807, 2.05) is 46.8 Å². The van der Waals surface area contributed by atoms with Crippen molar-refractivity contribution in [2.45, 2.75) is 85.2 Å². The van der Waals surface area contributed by atoms with Gasteiger partial charge in [0.25, 0.3) is 6.47 Å². The van der Waals surface area contributed by atoms with Gasteiger partial charge >= 0.3 is 103 Å². The molecule has 0 N–H and O–H groups in total. The molecule has 0 amide bonds. The summed E-state index contributed by atoms with van der Waals surface area (Å²) in [4.78, 5) is 13.3. The fourth-order valence-corrected chi connectivity index (χ4v) is 5.10. The van der Waals surface area contributed by atoms with Crippen LogP contribution in [0.4, 0.5) is 0 Å². The van der Waals surface area contributed by atoms with E-state index in [4.69, 9.17) is 38.5 Å². The van der Waals surface area contributed by atoms with Gasteiger partial charge in [-0.3, -0.25) is 4.79 Å². The maximum absolute atomic E-state index is 8.64. The zero-order valence-electron chi connectivity index (χ0n) is 30.2. The number of aryl methyl sites for hydroxylation is 2. The van der Waals surface area contributed by atoms with E-state index in [0.717, 1.165) is 32.4 Å². The molecule has 0 unspecified atom stereocenters. The second-order valence-corrected chi connectivity index (χ2v) is 10.6. The molecule has 0 aromatic heterocycles. The van der Waals surface area contributed by atoms with Gasteiger partial charge in [0.15, 0.2) is 12.6 Å². The summed E-state index contributed by atoms with van der Waals surface area (Å²) in [7, 11) is 3.38. The first-order chi connectivity index (χ1) is 20.6. The minimum Gasteiger partial charge on any atom is -1.00 e. The van der Waals surface area contributed by atoms with Gasteiger partial charge in [-0.25, -0.2) is 0 Å². The Balaban J connectivity index is -0.000000130. The van der Waals surface area contributed by atoms with Gasteiger partial charge in [0.1, 0.15) is 11.5 Å². The number of hydrogen-bond acceptors (Lipinski definition) is 11. The minimum atomic E-state index is -0.181. The number of alkyl halides is 1. The molecule has 258 valence electrons. The summed E-state index contributed by atoms with van der Waals surface area (Å²) in [6, 6.07) is 8.21. The number of hydrogen-bond donors (Lipinski definition) is 1. The number of carbonyl (C=O) groups excluding carboxylic acids is 1. The third kappa shape index (κ3) is 25.7. The molecule has 0 atom stereocenters. The number of carbonyl (C=O) groups is 1. The number of thiol groups is 1. The molecule has 0 spiro atoms. The molecule has 14 heteroatoms. The Labute approximate surface area is 383 Å². The number of rotatable bonds is 15. The van der Waals surface area contributed by atoms with E-state index in [0.29, 0.717) is 26.4 Å². The van der Waals surface area contributed by atoms with Crippen LogP contribution in [0.5, 0.6) is 11.5 Å². The standard InChI is InChI=1S/C15H24O3S.C9H12OS.C6H13BrO2.CH2O3.CH4.2K.H/c1-6-17-14(18-7-2)10-19-13-9-8-11(3)12(4)15(13)16-5;1-6-4-5-8(11)9(10-3)7(6)2;1-3-8-6(5-7)9-4-2;2-1-4-3;;;;/h8-9,14H,6-7,10H2,1-5H3;4-5,11H,1-3H3;6H,3-5H2,1-2H3;1,3H;1H4;;;/q;;;;;2*+1;-1/p-1. The van der Waals surface area contributed by atoms with E-state index in [2.05, 4.69) is 66.4 Å². The van der Waals surface area contributed by atoms with Crippen molar-refractivity contribution >= 4 is 46.8 Å². The molecule has 0 fully saturated rings. The molecule has 2 rings (SSSR count). The summed E-state index contributed by atoms with van der Waals surface area (Å²) in [6.45, 7) is 18.7. The smallest absolute Gasteiger partial charge is 1.00 e. The summed E-state index contributed by atoms with van der Waals surface area (Å²) in [5.41, 5.74) is 4.84. The molecule has 46 heavy (non-hydrogen) atoms. The molecular formula is C32H55BrK2O9S2. The van der Waals surface area contributed by atoms with Crippen LogP contribution in [-0.4, -0.2) is 70.8 Å². The number of ether oxygens (including phenoxy) is 6. The van der Waals surface area contributed by atoms with Crippen LogP contribution in [0.1, 0.15) is 58.8 Å². The van der Waals surface area contributed by atoms with Gasteiger partial charge in [-0.05, 0) is 89.8 Å². The number of thioether (sulfide) groups is 1. The van der Waals surface area contributed by atoms with E-state index >= 15 is 0 Å². The Bertz CT molecular complexity index is 1000. The van der Waals surface area contributed by atoms with E-state index in [1.165, 1.54) is 22.3 Å². The molecule has 0 aliphatic rings. The van der Waals surface area contributed by atoms with Gasteiger partial charge in [0.2, 0.25) is 0 Å². The van der Waals surface area contributed by atoms with Gasteiger partial charge in [0, 0.05) is 42.0 Å². The van der Waals surface area contributed by atoms with Crippen LogP contribution in [0.2, 0.25) is 0 Å². The predicted octanol–water partition coefficient (Wildman–Crippen LogP) is 1.38. The number of halogens is 1. The van der Waals surface area contributed by atoms with Crippen LogP contribution < -0.4 is 118 Å². The Morgan fingerprint density at radius 3 is 1.54 bits per heavy atom. The molecular weight excluding hydrogens is 751 g/mol. The SMILES string of the molecule is C.CCOC(CBr)OCC.CCOC(CSc1ccc(C)c(C)c1OC)OCC.COc1c(S)ccc(C)c1C.O=CO[O-].[H-].[K+].[K+]. The van der Waals surface area contributed by atoms with E-state index in [1.54, 1.807) is 26.0 Å². The van der Waals surface area contributed by atoms with Gasteiger partial charge in [-0.15, -0.1) is 24.4 Å². The quantitative estimate of drug-likeness (QED) is 0.0416. The Hall–Kier alpha value is 1.76. The van der Waals surface area contributed by atoms with Gasteiger partial charge < -0.3 is 40.0 Å². The average Bonchev–Trinajstić information content (AvgIpc) is 3.00. The van der Waals surface area contributed by atoms with Crippen LogP contribution in [0.25, 0.3) is 0 Å². The van der Waals surface area contributed by atoms with Crippen LogP contribution in [0.15, 0.2) is 34.1 Å². The van der Waals surface area contributed by atoms with Crippen molar-refractivity contribution in [3.63, 3.8) is 0 Å². The van der Waals surface area contributed by atoms with Gasteiger partial charge in [-0.1, -0.05) is 35.5 Å². The molecule has 0 saturated carbocycles. The summed E-state index contributed by atoms with van der Waals surface area (Å²) >= 11 is 9.25. The van der Waals surface area contributed by atoms with Crippen molar-refractivity contribution in [1.82, 2.24) is 0 Å². The Morgan fingerprint density at radius 1 is 0.804 bits per heavy atom. The minimum absolute atomic E-state index is 0. The van der Waals surface area contributed by atoms with Crippen LogP contribution in [0, 0.1) is 27.7 Å². The zero-order chi connectivity index (χ0) is 33.2. The first-order valence-corrected chi connectivity index (χ1v) is 16.5. The fourth-order valence-electron chi connectivity index (χ4n) is 3.35. The number of benzene rings is 2. The van der Waals surface area contributed by atoms with Crippen molar-refractivity contribution in [2.75, 3.05) is 51.7 Å². The third-order valence-electron chi connectivity index (χ3n) is 5.66. The van der Waals surface area contributed by atoms with E-state index in [-0.39, 0.29) is 131 Å². The topological polar surface area (TPSA) is 105 Å². The first kappa shape index (κ1) is 57.1. The predicted molar refractivity (Wildman–Crippen MR) is 186 cm³/mol. The average molecular weight is 806 g/mol. The summed E-state index contributed by atoms with van der Waals surface area (Å²) in [6.07, 6.45) is -0.230. The maximum atomic E-state index is 8.64. The monoisotopic (exact) mass is 804 g/mol. The van der Waals surface area contributed by atoms with Gasteiger partial charge in [-0.2, -0.15) is 0 Å². The van der Waals surface area contributed by atoms with Crippen molar-refractivity contribution in [1.29, 1.82) is 0 Å². The molecule has 2 aromatic carbocycles.